The van der Waals surface area contributed by atoms with Crippen LogP contribution in [0.1, 0.15) is 48.8 Å². The number of fused-ring (bicyclic) bond motifs is 1. The van der Waals surface area contributed by atoms with Crippen LogP contribution in [0, 0.1) is 17.1 Å². The van der Waals surface area contributed by atoms with Gasteiger partial charge in [0.05, 0.1) is 46.5 Å². The number of amides is 1. The highest BCUT2D eigenvalue weighted by atomic mass is 32.2. The Bertz CT molecular complexity index is 1900. The average Bonchev–Trinajstić information content (AvgIpc) is 2.99. The summed E-state index contributed by atoms with van der Waals surface area (Å²) in [5.41, 5.74) is -1.51. The Morgan fingerprint density at radius 2 is 1.82 bits per heavy atom. The molecule has 0 unspecified atom stereocenters. The Balaban J connectivity index is 1.88. The lowest BCUT2D eigenvalue weighted by Gasteiger charge is -2.32. The quantitative estimate of drug-likeness (QED) is 0.232. The third kappa shape index (κ3) is 6.94. The van der Waals surface area contributed by atoms with Gasteiger partial charge in [0.1, 0.15) is 11.6 Å². The number of hydrogen-bond donors (Lipinski definition) is 0. The van der Waals surface area contributed by atoms with Crippen molar-refractivity contribution in [2.24, 2.45) is 0 Å². The normalized spacial score (nSPS) is 12.6. The van der Waals surface area contributed by atoms with Crippen molar-refractivity contribution in [3.8, 4) is 11.8 Å². The molecule has 0 bridgehead atoms. The van der Waals surface area contributed by atoms with E-state index in [2.05, 4.69) is 9.97 Å². The van der Waals surface area contributed by atoms with Gasteiger partial charge >= 0.3 is 6.18 Å². The number of rotatable bonds is 10. The van der Waals surface area contributed by atoms with E-state index in [0.29, 0.717) is 23.4 Å². The number of pyridine rings is 1. The summed E-state index contributed by atoms with van der Waals surface area (Å²) in [6.45, 7) is 2.76. The number of carbonyl (C=O) groups excluding carboxylic acids is 1. The van der Waals surface area contributed by atoms with Gasteiger partial charge in [-0.05, 0) is 60.5 Å². The molecule has 4 rings (SSSR count). The number of aromatic nitrogens is 3. The first-order chi connectivity index (χ1) is 20.8. The molecule has 1 atom stereocenters. The van der Waals surface area contributed by atoms with E-state index >= 15 is 0 Å². The van der Waals surface area contributed by atoms with Crippen LogP contribution in [0.25, 0.3) is 16.7 Å². The number of carbonyl (C=O) groups is 1. The average molecular weight is 630 g/mol. The lowest BCUT2D eigenvalue weighted by molar-refractivity contribution is -0.140. The molecule has 0 saturated heterocycles. The van der Waals surface area contributed by atoms with Crippen LogP contribution in [0.4, 0.5) is 17.6 Å². The highest BCUT2D eigenvalue weighted by molar-refractivity contribution is 7.91. The number of hydrogen-bond acceptors (Lipinski definition) is 7. The van der Waals surface area contributed by atoms with Crippen molar-refractivity contribution in [2.45, 2.75) is 38.9 Å². The zero-order valence-electron chi connectivity index (χ0n) is 23.7. The van der Waals surface area contributed by atoms with Gasteiger partial charge in [0.15, 0.2) is 15.5 Å². The zero-order valence-corrected chi connectivity index (χ0v) is 24.5. The lowest BCUT2D eigenvalue weighted by atomic mass is 10.0. The number of sulfone groups is 1. The molecule has 14 heteroatoms. The fraction of sp³-hybridized carbons (Fsp3) is 0.300. The minimum Gasteiger partial charge on any atom is -0.331 e. The van der Waals surface area contributed by atoms with Gasteiger partial charge in [-0.2, -0.15) is 18.4 Å². The number of halogens is 4. The van der Waals surface area contributed by atoms with Crippen molar-refractivity contribution in [1.82, 2.24) is 19.4 Å². The Hall–Kier alpha value is -4.64. The van der Waals surface area contributed by atoms with Crippen molar-refractivity contribution in [2.75, 3.05) is 18.1 Å². The predicted molar refractivity (Wildman–Crippen MR) is 154 cm³/mol. The smallest absolute Gasteiger partial charge is 0.331 e. The summed E-state index contributed by atoms with van der Waals surface area (Å²) in [5, 5.41) is 9.40. The van der Waals surface area contributed by atoms with Crippen LogP contribution in [0.3, 0.4) is 0 Å². The standard InChI is InChI=1S/C30H27F4N5O4S/c1-3-25(28-37-27-22(6-5-13-36-27)29(41)39(28)21-10-7-19(18-35)8-11-21)38(14-15-44(42,43)4-2)26(40)17-20-9-12-24(31)23(16-20)30(32,33)34/h5-13,16,25H,3-4,14-15,17H2,1-2H3/t25-/m1/s1. The molecule has 0 aliphatic rings. The molecule has 0 fully saturated rings. The maximum atomic E-state index is 13.9. The van der Waals surface area contributed by atoms with Gasteiger partial charge < -0.3 is 4.90 Å². The summed E-state index contributed by atoms with van der Waals surface area (Å²) in [6.07, 6.45) is -4.06. The van der Waals surface area contributed by atoms with E-state index in [0.717, 1.165) is 6.07 Å². The van der Waals surface area contributed by atoms with Crippen molar-refractivity contribution < 1.29 is 30.8 Å². The molecule has 9 nitrogen and oxygen atoms in total. The molecule has 0 N–H and O–H groups in total. The molecule has 2 heterocycles. The molecule has 1 amide bonds. The third-order valence-corrected chi connectivity index (χ3v) is 8.76. The van der Waals surface area contributed by atoms with Crippen LogP contribution in [0.15, 0.2) is 65.6 Å². The summed E-state index contributed by atoms with van der Waals surface area (Å²) in [4.78, 5) is 37.6. The van der Waals surface area contributed by atoms with E-state index in [1.54, 1.807) is 13.0 Å². The minimum atomic E-state index is -5.00. The van der Waals surface area contributed by atoms with Crippen molar-refractivity contribution >= 4 is 26.8 Å². The Labute approximate surface area is 250 Å². The summed E-state index contributed by atoms with van der Waals surface area (Å²) in [6, 6.07) is 12.3. The van der Waals surface area contributed by atoms with Crippen LogP contribution in [-0.4, -0.2) is 51.8 Å². The molecule has 2 aromatic heterocycles. The molecule has 0 saturated carbocycles. The van der Waals surface area contributed by atoms with Crippen LogP contribution in [0.2, 0.25) is 0 Å². The predicted octanol–water partition coefficient (Wildman–Crippen LogP) is 4.77. The lowest BCUT2D eigenvalue weighted by Crippen LogP contribution is -2.42. The molecular weight excluding hydrogens is 602 g/mol. The van der Waals surface area contributed by atoms with Gasteiger partial charge in [0.2, 0.25) is 5.91 Å². The largest absolute Gasteiger partial charge is 0.419 e. The Morgan fingerprint density at radius 1 is 1.11 bits per heavy atom. The summed E-state index contributed by atoms with van der Waals surface area (Å²) >= 11 is 0. The maximum absolute atomic E-state index is 13.9. The van der Waals surface area contributed by atoms with Gasteiger partial charge in [-0.15, -0.1) is 0 Å². The van der Waals surface area contributed by atoms with Crippen LogP contribution in [-0.2, 0) is 27.2 Å². The van der Waals surface area contributed by atoms with E-state index in [1.165, 1.54) is 52.9 Å². The zero-order chi connectivity index (χ0) is 32.2. The second-order valence-electron chi connectivity index (χ2n) is 9.88. The second-order valence-corrected chi connectivity index (χ2v) is 12.4. The monoisotopic (exact) mass is 629 g/mol. The fourth-order valence-corrected chi connectivity index (χ4v) is 5.51. The first-order valence-corrected chi connectivity index (χ1v) is 15.4. The van der Waals surface area contributed by atoms with E-state index in [4.69, 9.17) is 0 Å². The minimum absolute atomic E-state index is 0.0331. The first kappa shape index (κ1) is 32.3. The molecular formula is C30H27F4N5O4S. The Morgan fingerprint density at radius 3 is 2.43 bits per heavy atom. The number of nitriles is 1. The van der Waals surface area contributed by atoms with Crippen molar-refractivity contribution in [3.05, 3.63) is 99.5 Å². The SMILES string of the molecule is CC[C@H](c1nc2ncccc2c(=O)n1-c1ccc(C#N)cc1)N(CCS(=O)(=O)CC)C(=O)Cc1ccc(F)c(C(F)(F)F)c1. The summed E-state index contributed by atoms with van der Waals surface area (Å²) < 4.78 is 80.3. The van der Waals surface area contributed by atoms with Crippen LogP contribution >= 0.6 is 0 Å². The number of benzene rings is 2. The van der Waals surface area contributed by atoms with Gasteiger partial charge in [-0.3, -0.25) is 14.2 Å². The first-order valence-electron chi connectivity index (χ1n) is 13.5. The van der Waals surface area contributed by atoms with E-state index < -0.39 is 57.1 Å². The van der Waals surface area contributed by atoms with Gasteiger partial charge in [0.25, 0.3) is 5.56 Å². The van der Waals surface area contributed by atoms with Gasteiger partial charge in [-0.25, -0.2) is 22.8 Å². The van der Waals surface area contributed by atoms with E-state index in [-0.39, 0.29) is 41.1 Å². The molecule has 0 spiro atoms. The summed E-state index contributed by atoms with van der Waals surface area (Å²) in [5.74, 6) is -2.90. The third-order valence-electron chi connectivity index (χ3n) is 7.08. The molecule has 0 aliphatic carbocycles. The highest BCUT2D eigenvalue weighted by Gasteiger charge is 2.35. The molecule has 2 aromatic carbocycles. The van der Waals surface area contributed by atoms with E-state index in [9.17, 15) is 40.8 Å². The molecule has 4 aromatic rings. The number of alkyl halides is 3. The van der Waals surface area contributed by atoms with Gasteiger partial charge in [0, 0.05) is 18.5 Å². The topological polar surface area (TPSA) is 126 Å². The number of nitrogens with zero attached hydrogens (tertiary/aromatic N) is 5. The molecule has 44 heavy (non-hydrogen) atoms. The molecule has 0 radical (unpaired) electrons. The maximum Gasteiger partial charge on any atom is 0.419 e. The second kappa shape index (κ2) is 12.9. The van der Waals surface area contributed by atoms with Crippen LogP contribution in [0.5, 0.6) is 0 Å². The van der Waals surface area contributed by atoms with Crippen LogP contribution < -0.4 is 5.56 Å². The highest BCUT2D eigenvalue weighted by Crippen LogP contribution is 2.33. The fourth-order valence-electron chi connectivity index (χ4n) is 4.75. The molecule has 0 aliphatic heterocycles. The molecule has 230 valence electrons. The Kier molecular flexibility index (Phi) is 9.48. The van der Waals surface area contributed by atoms with Gasteiger partial charge in [-0.1, -0.05) is 19.9 Å². The van der Waals surface area contributed by atoms with Crippen molar-refractivity contribution in [3.63, 3.8) is 0 Å². The van der Waals surface area contributed by atoms with E-state index in [1.807, 2.05) is 6.07 Å². The van der Waals surface area contributed by atoms with Crippen molar-refractivity contribution in [1.29, 1.82) is 5.26 Å². The summed E-state index contributed by atoms with van der Waals surface area (Å²) in [7, 11) is -3.61.